The Hall–Kier alpha value is -4.68. The molecule has 0 unspecified atom stereocenters. The molecule has 1 aromatic heterocycles. The zero-order valence-corrected chi connectivity index (χ0v) is 27.6. The first-order valence-corrected chi connectivity index (χ1v) is 17.5. The number of hydrogen-bond acceptors (Lipinski definition) is 10. The lowest BCUT2D eigenvalue weighted by Crippen LogP contribution is -2.44. The number of piperidine rings is 1. The normalized spacial score (nSPS) is 16.1. The minimum Gasteiger partial charge on any atom is -0.445 e. The van der Waals surface area contributed by atoms with Crippen molar-refractivity contribution in [3.63, 3.8) is 0 Å². The molecule has 0 radical (unpaired) electrons. The SMILES string of the molecule is Cc1cnc(Nc2ccc(N3CCN(C)CC3)cc2)nc1Nc1cccc(S(=O)(=O)C2CCN(C(=O)OCc3ccccc3)CC2)c1. The van der Waals surface area contributed by atoms with E-state index in [-0.39, 0.29) is 11.5 Å². The molecule has 2 aliphatic rings. The summed E-state index contributed by atoms with van der Waals surface area (Å²) in [6.45, 7) is 6.85. The van der Waals surface area contributed by atoms with Crippen molar-refractivity contribution in [1.82, 2.24) is 19.8 Å². The van der Waals surface area contributed by atoms with Gasteiger partial charge in [0, 0.05) is 68.1 Å². The molecule has 2 aliphatic heterocycles. The minimum absolute atomic E-state index is 0.186. The van der Waals surface area contributed by atoms with Crippen LogP contribution in [0, 0.1) is 6.92 Å². The standard InChI is InChI=1S/C35H41N7O4S/c1-26-24-36-34(38-28-11-13-30(14-12-28)41-21-19-40(2)20-22-41)39-33(26)37-29-9-6-10-32(23-29)47(44,45)31-15-17-42(18-16-31)35(43)46-25-27-7-4-3-5-8-27/h3-14,23-24,31H,15-22,25H2,1-2H3,(H2,36,37,38,39). The van der Waals surface area contributed by atoms with E-state index in [1.807, 2.05) is 55.5 Å². The summed E-state index contributed by atoms with van der Waals surface area (Å²) in [6, 6.07) is 24.5. The summed E-state index contributed by atoms with van der Waals surface area (Å²) in [7, 11) is -1.48. The highest BCUT2D eigenvalue weighted by Gasteiger charge is 2.33. The summed E-state index contributed by atoms with van der Waals surface area (Å²) in [6.07, 6.45) is 2.00. The molecule has 0 spiro atoms. The molecule has 3 heterocycles. The van der Waals surface area contributed by atoms with Gasteiger partial charge in [-0.1, -0.05) is 36.4 Å². The third kappa shape index (κ3) is 8.01. The van der Waals surface area contributed by atoms with Gasteiger partial charge in [-0.15, -0.1) is 0 Å². The molecule has 0 aliphatic carbocycles. The van der Waals surface area contributed by atoms with Gasteiger partial charge in [-0.2, -0.15) is 4.98 Å². The number of carbonyl (C=O) groups excluding carboxylic acids is 1. The van der Waals surface area contributed by atoms with Crippen LogP contribution in [0.2, 0.25) is 0 Å². The number of anilines is 5. The fraction of sp³-hybridized carbons (Fsp3) is 0.343. The van der Waals surface area contributed by atoms with Gasteiger partial charge in [0.1, 0.15) is 12.4 Å². The average Bonchev–Trinajstić information content (AvgIpc) is 3.10. The van der Waals surface area contributed by atoms with Gasteiger partial charge in [-0.05, 0) is 74.8 Å². The summed E-state index contributed by atoms with van der Waals surface area (Å²) in [4.78, 5) is 28.2. The lowest BCUT2D eigenvalue weighted by Gasteiger charge is -2.34. The van der Waals surface area contributed by atoms with Gasteiger partial charge in [0.2, 0.25) is 5.95 Å². The molecule has 2 fully saturated rings. The van der Waals surface area contributed by atoms with Crippen LogP contribution in [0.1, 0.15) is 24.0 Å². The van der Waals surface area contributed by atoms with Crippen molar-refractivity contribution >= 4 is 44.8 Å². The van der Waals surface area contributed by atoms with E-state index in [1.54, 1.807) is 29.3 Å². The maximum absolute atomic E-state index is 13.6. The highest BCUT2D eigenvalue weighted by molar-refractivity contribution is 7.92. The number of carbonyl (C=O) groups is 1. The molecular formula is C35H41N7O4S. The summed E-state index contributed by atoms with van der Waals surface area (Å²) >= 11 is 0. The Morgan fingerprint density at radius 3 is 2.32 bits per heavy atom. The van der Waals surface area contributed by atoms with Crippen LogP contribution in [-0.4, -0.2) is 85.8 Å². The summed E-state index contributed by atoms with van der Waals surface area (Å²) in [5.74, 6) is 1.01. The number of aromatic nitrogens is 2. The van der Waals surface area contributed by atoms with Crippen molar-refractivity contribution in [3.8, 4) is 0 Å². The molecular weight excluding hydrogens is 614 g/mol. The van der Waals surface area contributed by atoms with E-state index in [1.165, 1.54) is 5.69 Å². The molecule has 246 valence electrons. The fourth-order valence-corrected chi connectivity index (χ4v) is 7.59. The second-order valence-corrected chi connectivity index (χ2v) is 14.3. The van der Waals surface area contributed by atoms with Crippen LogP contribution in [0.4, 0.5) is 33.6 Å². The summed E-state index contributed by atoms with van der Waals surface area (Å²) in [5.41, 5.74) is 4.40. The Bertz CT molecular complexity index is 1770. The zero-order valence-electron chi connectivity index (χ0n) is 26.8. The van der Waals surface area contributed by atoms with Crippen LogP contribution in [0.15, 0.2) is 90.0 Å². The molecule has 0 atom stereocenters. The van der Waals surface area contributed by atoms with Crippen LogP contribution < -0.4 is 15.5 Å². The lowest BCUT2D eigenvalue weighted by molar-refractivity contribution is 0.0897. The number of ether oxygens (including phenoxy) is 1. The smallest absolute Gasteiger partial charge is 0.410 e. The molecule has 3 aromatic carbocycles. The number of piperazine rings is 1. The number of nitrogens with zero attached hydrogens (tertiary/aromatic N) is 5. The third-order valence-electron chi connectivity index (χ3n) is 8.73. The van der Waals surface area contributed by atoms with Crippen LogP contribution in [0.3, 0.4) is 0 Å². The number of nitrogens with one attached hydrogen (secondary N) is 2. The van der Waals surface area contributed by atoms with Gasteiger partial charge in [0.15, 0.2) is 9.84 Å². The molecule has 1 amide bonds. The Morgan fingerprint density at radius 1 is 0.872 bits per heavy atom. The van der Waals surface area contributed by atoms with Crippen molar-refractivity contribution in [2.45, 2.75) is 36.5 Å². The maximum atomic E-state index is 13.6. The van der Waals surface area contributed by atoms with Crippen molar-refractivity contribution in [2.24, 2.45) is 0 Å². The third-order valence-corrected chi connectivity index (χ3v) is 11.0. The van der Waals surface area contributed by atoms with E-state index in [9.17, 15) is 13.2 Å². The zero-order chi connectivity index (χ0) is 32.8. The van der Waals surface area contributed by atoms with E-state index in [0.29, 0.717) is 43.4 Å². The molecule has 11 nitrogen and oxygen atoms in total. The molecule has 12 heteroatoms. The van der Waals surface area contributed by atoms with Crippen LogP contribution in [0.5, 0.6) is 0 Å². The first-order chi connectivity index (χ1) is 22.7. The van der Waals surface area contributed by atoms with Gasteiger partial charge >= 0.3 is 6.09 Å². The lowest BCUT2D eigenvalue weighted by atomic mass is 10.1. The predicted octanol–water partition coefficient (Wildman–Crippen LogP) is 5.60. The van der Waals surface area contributed by atoms with Crippen molar-refractivity contribution in [2.75, 3.05) is 61.8 Å². The summed E-state index contributed by atoms with van der Waals surface area (Å²) in [5, 5.41) is 5.97. The van der Waals surface area contributed by atoms with Gasteiger partial charge in [0.25, 0.3) is 0 Å². The van der Waals surface area contributed by atoms with Gasteiger partial charge < -0.3 is 30.1 Å². The maximum Gasteiger partial charge on any atom is 0.410 e. The second kappa shape index (κ2) is 14.4. The molecule has 0 bridgehead atoms. The Morgan fingerprint density at radius 2 is 1.60 bits per heavy atom. The topological polar surface area (TPSA) is 120 Å². The number of likely N-dealkylation sites (tertiary alicyclic amines) is 1. The van der Waals surface area contributed by atoms with Crippen LogP contribution in [-0.2, 0) is 21.2 Å². The van der Waals surface area contributed by atoms with Gasteiger partial charge in [-0.25, -0.2) is 18.2 Å². The highest BCUT2D eigenvalue weighted by atomic mass is 32.2. The number of likely N-dealkylation sites (N-methyl/N-ethyl adjacent to an activating group) is 1. The number of rotatable bonds is 9. The monoisotopic (exact) mass is 655 g/mol. The first kappa shape index (κ1) is 32.3. The molecule has 6 rings (SSSR count). The Labute approximate surface area is 276 Å². The Balaban J connectivity index is 1.06. The van der Waals surface area contributed by atoms with Gasteiger partial charge in [0.05, 0.1) is 10.1 Å². The molecule has 2 N–H and O–H groups in total. The number of benzene rings is 3. The van der Waals surface area contributed by atoms with E-state index >= 15 is 0 Å². The molecule has 2 saturated heterocycles. The highest BCUT2D eigenvalue weighted by Crippen LogP contribution is 2.29. The molecule has 47 heavy (non-hydrogen) atoms. The van der Waals surface area contributed by atoms with E-state index in [4.69, 9.17) is 4.74 Å². The van der Waals surface area contributed by atoms with Crippen molar-refractivity contribution in [3.05, 3.63) is 96.2 Å². The molecule has 4 aromatic rings. The van der Waals surface area contributed by atoms with E-state index in [2.05, 4.69) is 49.6 Å². The molecule has 0 saturated carbocycles. The first-order valence-electron chi connectivity index (χ1n) is 16.0. The van der Waals surface area contributed by atoms with E-state index < -0.39 is 21.2 Å². The van der Waals surface area contributed by atoms with Crippen molar-refractivity contribution < 1.29 is 17.9 Å². The van der Waals surface area contributed by atoms with E-state index in [0.717, 1.165) is 43.0 Å². The number of hydrogen-bond donors (Lipinski definition) is 2. The largest absolute Gasteiger partial charge is 0.445 e. The quantitative estimate of drug-likeness (QED) is 0.236. The summed E-state index contributed by atoms with van der Waals surface area (Å²) < 4.78 is 32.7. The van der Waals surface area contributed by atoms with Crippen molar-refractivity contribution in [1.29, 1.82) is 0 Å². The minimum atomic E-state index is -3.62. The van der Waals surface area contributed by atoms with Gasteiger partial charge in [-0.3, -0.25) is 0 Å². The number of aryl methyl sites for hydroxylation is 1. The number of amides is 1. The predicted molar refractivity (Wildman–Crippen MR) is 184 cm³/mol. The number of sulfone groups is 1. The van der Waals surface area contributed by atoms with Crippen LogP contribution in [0.25, 0.3) is 0 Å². The second-order valence-electron chi connectivity index (χ2n) is 12.1. The van der Waals surface area contributed by atoms with Crippen LogP contribution >= 0.6 is 0 Å². The average molecular weight is 656 g/mol. The fourth-order valence-electron chi connectivity index (χ4n) is 5.82. The Kier molecular flexibility index (Phi) is 9.88.